The molecule has 16 heavy (non-hydrogen) atoms. The zero-order chi connectivity index (χ0) is 11.4. The van der Waals surface area contributed by atoms with Gasteiger partial charge in [-0.2, -0.15) is 0 Å². The summed E-state index contributed by atoms with van der Waals surface area (Å²) in [6.45, 7) is 2.09. The van der Waals surface area contributed by atoms with Gasteiger partial charge in [0.2, 0.25) is 0 Å². The Bertz CT molecular complexity index is 348. The van der Waals surface area contributed by atoms with Crippen LogP contribution in [0.2, 0.25) is 5.02 Å². The fourth-order valence-electron chi connectivity index (χ4n) is 1.75. The summed E-state index contributed by atoms with van der Waals surface area (Å²) in [6.07, 6.45) is 1.04. The molecule has 0 aliphatic carbocycles. The van der Waals surface area contributed by atoms with Gasteiger partial charge in [0.15, 0.2) is 0 Å². The first kappa shape index (κ1) is 11.7. The molecule has 1 N–H and O–H groups in total. The first-order chi connectivity index (χ1) is 7.81. The maximum Gasteiger partial charge on any atom is 0.126 e. The van der Waals surface area contributed by atoms with Crippen LogP contribution in [0.1, 0.15) is 12.0 Å². The minimum Gasteiger partial charge on any atom is -0.493 e. The molecule has 1 saturated heterocycles. The van der Waals surface area contributed by atoms with Crippen LogP contribution < -0.4 is 4.74 Å². The van der Waals surface area contributed by atoms with Crippen LogP contribution in [0.15, 0.2) is 18.2 Å². The van der Waals surface area contributed by atoms with Crippen molar-refractivity contribution in [2.75, 3.05) is 19.8 Å². The topological polar surface area (TPSA) is 38.7 Å². The number of rotatable bonds is 4. The highest BCUT2D eigenvalue weighted by molar-refractivity contribution is 6.31. The lowest BCUT2D eigenvalue weighted by molar-refractivity contribution is 0.165. The molecule has 0 radical (unpaired) electrons. The summed E-state index contributed by atoms with van der Waals surface area (Å²) in [7, 11) is 0. The van der Waals surface area contributed by atoms with Gasteiger partial charge in [0.25, 0.3) is 0 Å². The van der Waals surface area contributed by atoms with E-state index in [-0.39, 0.29) is 6.61 Å². The van der Waals surface area contributed by atoms with Crippen molar-refractivity contribution in [3.63, 3.8) is 0 Å². The van der Waals surface area contributed by atoms with E-state index >= 15 is 0 Å². The zero-order valence-corrected chi connectivity index (χ0v) is 9.74. The van der Waals surface area contributed by atoms with Crippen molar-refractivity contribution in [3.05, 3.63) is 28.8 Å². The first-order valence-corrected chi connectivity index (χ1v) is 5.78. The molecule has 0 saturated carbocycles. The molecule has 4 heteroatoms. The molecular formula is C12H15ClO3. The third kappa shape index (κ3) is 2.67. The van der Waals surface area contributed by atoms with Gasteiger partial charge in [0.05, 0.1) is 19.8 Å². The van der Waals surface area contributed by atoms with E-state index in [2.05, 4.69) is 0 Å². The van der Waals surface area contributed by atoms with Crippen LogP contribution >= 0.6 is 11.6 Å². The van der Waals surface area contributed by atoms with E-state index in [1.165, 1.54) is 0 Å². The number of hydrogen-bond donors (Lipinski definition) is 1. The Kier molecular flexibility index (Phi) is 4.04. The van der Waals surface area contributed by atoms with Crippen LogP contribution in [0.5, 0.6) is 5.75 Å². The Morgan fingerprint density at radius 1 is 1.50 bits per heavy atom. The van der Waals surface area contributed by atoms with Crippen LogP contribution in [-0.2, 0) is 11.3 Å². The number of aliphatic hydroxyl groups is 1. The van der Waals surface area contributed by atoms with Crippen molar-refractivity contribution in [2.24, 2.45) is 5.92 Å². The third-order valence-electron chi connectivity index (χ3n) is 2.73. The van der Waals surface area contributed by atoms with Crippen LogP contribution in [0.4, 0.5) is 0 Å². The van der Waals surface area contributed by atoms with Crippen LogP contribution in [0, 0.1) is 5.92 Å². The van der Waals surface area contributed by atoms with Crippen molar-refractivity contribution in [2.45, 2.75) is 13.0 Å². The smallest absolute Gasteiger partial charge is 0.126 e. The van der Waals surface area contributed by atoms with Gasteiger partial charge in [-0.05, 0) is 18.6 Å². The van der Waals surface area contributed by atoms with Crippen molar-refractivity contribution < 1.29 is 14.6 Å². The van der Waals surface area contributed by atoms with Crippen LogP contribution in [-0.4, -0.2) is 24.9 Å². The second kappa shape index (κ2) is 5.53. The Hall–Kier alpha value is -0.770. The van der Waals surface area contributed by atoms with E-state index in [4.69, 9.17) is 21.1 Å². The normalized spacial score (nSPS) is 20.0. The number of benzene rings is 1. The molecule has 0 amide bonds. The fourth-order valence-corrected chi connectivity index (χ4v) is 1.98. The minimum absolute atomic E-state index is 0.101. The van der Waals surface area contributed by atoms with Crippen LogP contribution in [0.25, 0.3) is 0 Å². The van der Waals surface area contributed by atoms with E-state index in [0.29, 0.717) is 28.9 Å². The molecule has 1 aliphatic rings. The van der Waals surface area contributed by atoms with Crippen molar-refractivity contribution in [1.82, 2.24) is 0 Å². The highest BCUT2D eigenvalue weighted by Crippen LogP contribution is 2.27. The number of ether oxygens (including phenoxy) is 2. The average molecular weight is 243 g/mol. The van der Waals surface area contributed by atoms with Gasteiger partial charge in [-0.25, -0.2) is 0 Å². The molecule has 0 bridgehead atoms. The molecule has 0 spiro atoms. The summed E-state index contributed by atoms with van der Waals surface area (Å²) in [6, 6.07) is 5.40. The maximum atomic E-state index is 9.20. The summed E-state index contributed by atoms with van der Waals surface area (Å²) in [5, 5.41) is 9.75. The highest BCUT2D eigenvalue weighted by atomic mass is 35.5. The lowest BCUT2D eigenvalue weighted by Gasteiger charge is -2.13. The summed E-state index contributed by atoms with van der Waals surface area (Å²) >= 11 is 5.96. The predicted molar refractivity (Wildman–Crippen MR) is 61.8 cm³/mol. The van der Waals surface area contributed by atoms with Gasteiger partial charge in [0, 0.05) is 23.1 Å². The molecule has 1 fully saturated rings. The maximum absolute atomic E-state index is 9.20. The van der Waals surface area contributed by atoms with Gasteiger partial charge in [-0.15, -0.1) is 0 Å². The van der Waals surface area contributed by atoms with Gasteiger partial charge in [-0.3, -0.25) is 0 Å². The molecule has 1 aromatic carbocycles. The van der Waals surface area contributed by atoms with Crippen molar-refractivity contribution in [3.8, 4) is 5.75 Å². The molecule has 1 heterocycles. The van der Waals surface area contributed by atoms with Crippen molar-refractivity contribution >= 4 is 11.6 Å². The molecule has 2 rings (SSSR count). The number of hydrogen-bond acceptors (Lipinski definition) is 3. The Labute approximate surface area is 99.9 Å². The third-order valence-corrected chi connectivity index (χ3v) is 3.09. The quantitative estimate of drug-likeness (QED) is 0.880. The van der Waals surface area contributed by atoms with Crippen molar-refractivity contribution in [1.29, 1.82) is 0 Å². The van der Waals surface area contributed by atoms with Gasteiger partial charge in [-0.1, -0.05) is 17.7 Å². The van der Waals surface area contributed by atoms with E-state index in [1.807, 2.05) is 12.1 Å². The number of halogens is 1. The fraction of sp³-hybridized carbons (Fsp3) is 0.500. The van der Waals surface area contributed by atoms with Gasteiger partial charge >= 0.3 is 0 Å². The molecular weight excluding hydrogens is 228 g/mol. The van der Waals surface area contributed by atoms with E-state index in [1.54, 1.807) is 6.07 Å². The largest absolute Gasteiger partial charge is 0.493 e. The second-order valence-electron chi connectivity index (χ2n) is 3.92. The molecule has 3 nitrogen and oxygen atoms in total. The lowest BCUT2D eigenvalue weighted by Crippen LogP contribution is -2.12. The van der Waals surface area contributed by atoms with Gasteiger partial charge < -0.3 is 14.6 Å². The Balaban J connectivity index is 2.00. The first-order valence-electron chi connectivity index (χ1n) is 5.40. The van der Waals surface area contributed by atoms with Gasteiger partial charge in [0.1, 0.15) is 5.75 Å². The lowest BCUT2D eigenvalue weighted by atomic mass is 10.1. The minimum atomic E-state index is -0.101. The van der Waals surface area contributed by atoms with E-state index < -0.39 is 0 Å². The monoisotopic (exact) mass is 242 g/mol. The molecule has 1 atom stereocenters. The molecule has 0 aromatic heterocycles. The highest BCUT2D eigenvalue weighted by Gasteiger charge is 2.17. The zero-order valence-electron chi connectivity index (χ0n) is 8.99. The molecule has 88 valence electrons. The summed E-state index contributed by atoms with van der Waals surface area (Å²) in [5.41, 5.74) is 0.656. The summed E-state index contributed by atoms with van der Waals surface area (Å²) < 4.78 is 10.9. The summed E-state index contributed by atoms with van der Waals surface area (Å²) in [5.74, 6) is 1.12. The Morgan fingerprint density at radius 2 is 2.38 bits per heavy atom. The SMILES string of the molecule is OCc1c(Cl)cccc1OCC1CCOC1. The van der Waals surface area contributed by atoms with E-state index in [9.17, 15) is 5.11 Å². The average Bonchev–Trinajstić information content (AvgIpc) is 2.79. The standard InChI is InChI=1S/C12H15ClO3/c13-11-2-1-3-12(10(11)6-14)16-8-9-4-5-15-7-9/h1-3,9,14H,4-8H2. The molecule has 1 aromatic rings. The predicted octanol–water partition coefficient (Wildman–Crippen LogP) is 2.25. The summed E-state index contributed by atoms with van der Waals surface area (Å²) in [4.78, 5) is 0. The van der Waals surface area contributed by atoms with E-state index in [0.717, 1.165) is 19.6 Å². The van der Waals surface area contributed by atoms with Crippen LogP contribution in [0.3, 0.4) is 0 Å². The molecule has 1 aliphatic heterocycles. The molecule has 1 unspecified atom stereocenters. The second-order valence-corrected chi connectivity index (χ2v) is 4.32. The Morgan fingerprint density at radius 3 is 3.06 bits per heavy atom. The number of aliphatic hydroxyl groups excluding tert-OH is 1.